The number of nitrogen functional groups attached to an aromatic ring is 1. The van der Waals surface area contributed by atoms with Crippen molar-refractivity contribution in [1.29, 1.82) is 0 Å². The van der Waals surface area contributed by atoms with Gasteiger partial charge in [-0.25, -0.2) is 4.39 Å². The number of benzene rings is 2. The number of nitrogens with two attached hydrogens (primary N) is 1. The Kier molecular flexibility index (Phi) is 4.48. The third-order valence-electron chi connectivity index (χ3n) is 5.29. The van der Waals surface area contributed by atoms with Crippen molar-refractivity contribution in [3.63, 3.8) is 0 Å². The number of fused-ring (bicyclic) bond motifs is 1. The van der Waals surface area contributed by atoms with E-state index >= 15 is 0 Å². The lowest BCUT2D eigenvalue weighted by molar-refractivity contribution is 0.335. The summed E-state index contributed by atoms with van der Waals surface area (Å²) >= 11 is 0. The van der Waals surface area contributed by atoms with E-state index in [2.05, 4.69) is 41.1 Å². The van der Waals surface area contributed by atoms with Crippen molar-refractivity contribution in [2.75, 3.05) is 11.1 Å². The Bertz CT molecular complexity index is 919. The zero-order valence-electron chi connectivity index (χ0n) is 15.5. The van der Waals surface area contributed by atoms with Crippen molar-refractivity contribution in [2.45, 2.75) is 26.2 Å². The summed E-state index contributed by atoms with van der Waals surface area (Å²) in [4.78, 5) is 2.20. The highest BCUT2D eigenvalue weighted by Gasteiger charge is 2.20. The van der Waals surface area contributed by atoms with E-state index in [9.17, 15) is 4.39 Å². The van der Waals surface area contributed by atoms with Crippen molar-refractivity contribution < 1.29 is 4.39 Å². The second kappa shape index (κ2) is 6.95. The van der Waals surface area contributed by atoms with Crippen LogP contribution in [-0.4, -0.2) is 11.1 Å². The average molecular weight is 361 g/mol. The first kappa shape index (κ1) is 17.4. The second-order valence-electron chi connectivity index (χ2n) is 7.28. The van der Waals surface area contributed by atoms with E-state index in [1.807, 2.05) is 37.3 Å². The molecule has 2 aliphatic rings. The zero-order chi connectivity index (χ0) is 19.0. The molecule has 0 aromatic heterocycles. The van der Waals surface area contributed by atoms with E-state index in [1.54, 1.807) is 6.08 Å². The highest BCUT2D eigenvalue weighted by atomic mass is 19.1. The predicted molar refractivity (Wildman–Crippen MR) is 110 cm³/mol. The van der Waals surface area contributed by atoms with Crippen LogP contribution in [-0.2, 0) is 13.1 Å². The fourth-order valence-corrected chi connectivity index (χ4v) is 3.60. The average Bonchev–Trinajstić information content (AvgIpc) is 3.10. The summed E-state index contributed by atoms with van der Waals surface area (Å²) in [5.74, 6) is 0.692. The van der Waals surface area contributed by atoms with Gasteiger partial charge < -0.3 is 16.0 Å². The van der Waals surface area contributed by atoms with Crippen LogP contribution in [0, 0.1) is 5.92 Å². The van der Waals surface area contributed by atoms with Gasteiger partial charge in [0.05, 0.1) is 17.2 Å². The Morgan fingerprint density at radius 1 is 1.19 bits per heavy atom. The fourth-order valence-electron chi connectivity index (χ4n) is 3.60. The molecule has 0 spiro atoms. The summed E-state index contributed by atoms with van der Waals surface area (Å²) in [5.41, 5.74) is 12.3. The zero-order valence-corrected chi connectivity index (χ0v) is 15.5. The summed E-state index contributed by atoms with van der Waals surface area (Å²) in [6.07, 6.45) is 4.50. The summed E-state index contributed by atoms with van der Waals surface area (Å²) in [6.45, 7) is 7.76. The van der Waals surface area contributed by atoms with Gasteiger partial charge in [0.1, 0.15) is 6.17 Å². The molecule has 0 saturated carbocycles. The van der Waals surface area contributed by atoms with Crippen molar-refractivity contribution in [2.24, 2.45) is 5.92 Å². The van der Waals surface area contributed by atoms with Gasteiger partial charge in [-0.3, -0.25) is 0 Å². The molecule has 0 fully saturated rings. The van der Waals surface area contributed by atoms with E-state index in [-0.39, 0.29) is 5.92 Å². The first-order chi connectivity index (χ1) is 13.0. The number of nitrogens with one attached hydrogen (secondary N) is 1. The lowest BCUT2D eigenvalue weighted by Gasteiger charge is -2.23. The van der Waals surface area contributed by atoms with Gasteiger partial charge in [-0.2, -0.15) is 0 Å². The standard InChI is InChI=1S/C23H24FN3/c1-15-11-17(7-9-21(15)24)18-8-10-22(25)23(12-18)26-16(2)27-13-19-5-3-4-6-20(19)14-27/h3-12,15,21,26H,2,13-14,25H2,1H3. The van der Waals surface area contributed by atoms with Crippen LogP contribution in [0.2, 0.25) is 0 Å². The van der Waals surface area contributed by atoms with Gasteiger partial charge >= 0.3 is 0 Å². The molecule has 2 aromatic rings. The number of anilines is 2. The largest absolute Gasteiger partial charge is 0.397 e. The maximum Gasteiger partial charge on any atom is 0.125 e. The third-order valence-corrected chi connectivity index (χ3v) is 5.29. The van der Waals surface area contributed by atoms with Gasteiger partial charge in [0.2, 0.25) is 0 Å². The molecule has 0 amide bonds. The molecule has 138 valence electrons. The summed E-state index contributed by atoms with van der Waals surface area (Å²) in [5, 5.41) is 3.37. The Morgan fingerprint density at radius 2 is 1.89 bits per heavy atom. The molecule has 1 aliphatic heterocycles. The molecule has 1 aliphatic carbocycles. The number of allylic oxidation sites excluding steroid dienone is 4. The van der Waals surface area contributed by atoms with Crippen LogP contribution in [0.4, 0.5) is 15.8 Å². The van der Waals surface area contributed by atoms with Crippen LogP contribution in [0.1, 0.15) is 23.6 Å². The summed E-state index contributed by atoms with van der Waals surface area (Å²) < 4.78 is 13.7. The topological polar surface area (TPSA) is 41.3 Å². The summed E-state index contributed by atoms with van der Waals surface area (Å²) in [6, 6.07) is 14.3. The highest BCUT2D eigenvalue weighted by molar-refractivity contribution is 5.81. The van der Waals surface area contributed by atoms with E-state index < -0.39 is 6.17 Å². The lowest BCUT2D eigenvalue weighted by atomic mass is 9.92. The first-order valence-electron chi connectivity index (χ1n) is 9.23. The maximum absolute atomic E-state index is 13.7. The normalized spacial score (nSPS) is 21.0. The molecule has 0 radical (unpaired) electrons. The van der Waals surface area contributed by atoms with Crippen LogP contribution in [0.15, 0.2) is 73.1 Å². The van der Waals surface area contributed by atoms with Crippen molar-refractivity contribution >= 4 is 16.9 Å². The smallest absolute Gasteiger partial charge is 0.125 e. The number of rotatable bonds is 4. The maximum atomic E-state index is 13.7. The Balaban J connectivity index is 1.52. The second-order valence-corrected chi connectivity index (χ2v) is 7.28. The van der Waals surface area contributed by atoms with Gasteiger partial charge in [-0.1, -0.05) is 56.0 Å². The molecule has 3 N–H and O–H groups in total. The van der Waals surface area contributed by atoms with Crippen molar-refractivity contribution in [1.82, 2.24) is 4.90 Å². The van der Waals surface area contributed by atoms with E-state index in [0.29, 0.717) is 5.69 Å². The van der Waals surface area contributed by atoms with E-state index in [0.717, 1.165) is 35.7 Å². The fraction of sp³-hybridized carbons (Fsp3) is 0.217. The minimum Gasteiger partial charge on any atom is -0.397 e. The molecule has 3 nitrogen and oxygen atoms in total. The Labute approximate surface area is 159 Å². The summed E-state index contributed by atoms with van der Waals surface area (Å²) in [7, 11) is 0. The number of nitrogens with zero attached hydrogens (tertiary/aromatic N) is 1. The van der Waals surface area contributed by atoms with Gasteiger partial charge in [-0.05, 0) is 40.5 Å². The van der Waals surface area contributed by atoms with Crippen LogP contribution in [0.5, 0.6) is 0 Å². The minimum absolute atomic E-state index is 0.128. The molecular formula is C23H24FN3. The van der Waals surface area contributed by atoms with Gasteiger partial charge in [-0.15, -0.1) is 0 Å². The van der Waals surface area contributed by atoms with Crippen molar-refractivity contribution in [3.8, 4) is 0 Å². The van der Waals surface area contributed by atoms with Crippen LogP contribution in [0.3, 0.4) is 0 Å². The molecule has 0 bridgehead atoms. The highest BCUT2D eigenvalue weighted by Crippen LogP contribution is 2.32. The SMILES string of the molecule is C=C(Nc1cc(C2=CC(C)C(F)C=C2)ccc1N)N1Cc2ccccc2C1. The molecule has 4 rings (SSSR count). The molecule has 2 aromatic carbocycles. The van der Waals surface area contributed by atoms with Crippen LogP contribution < -0.4 is 11.1 Å². The van der Waals surface area contributed by atoms with Gasteiger partial charge in [0.25, 0.3) is 0 Å². The van der Waals surface area contributed by atoms with E-state index in [1.165, 1.54) is 11.1 Å². The monoisotopic (exact) mass is 361 g/mol. The molecule has 1 heterocycles. The molecule has 0 saturated heterocycles. The molecule has 27 heavy (non-hydrogen) atoms. The molecular weight excluding hydrogens is 337 g/mol. The first-order valence-corrected chi connectivity index (χ1v) is 9.23. The Morgan fingerprint density at radius 3 is 2.56 bits per heavy atom. The van der Waals surface area contributed by atoms with Crippen molar-refractivity contribution in [3.05, 3.63) is 89.8 Å². The molecule has 2 unspecified atom stereocenters. The van der Waals surface area contributed by atoms with Crippen LogP contribution >= 0.6 is 0 Å². The quantitative estimate of drug-likeness (QED) is 0.745. The third kappa shape index (κ3) is 3.47. The number of hydrogen-bond donors (Lipinski definition) is 2. The van der Waals surface area contributed by atoms with E-state index in [4.69, 9.17) is 5.73 Å². The lowest BCUT2D eigenvalue weighted by Crippen LogP contribution is -2.21. The number of alkyl halides is 1. The van der Waals surface area contributed by atoms with Gasteiger partial charge in [0, 0.05) is 19.0 Å². The number of halogens is 1. The Hall–Kier alpha value is -3.01. The van der Waals surface area contributed by atoms with Gasteiger partial charge in [0.15, 0.2) is 0 Å². The minimum atomic E-state index is -0.920. The molecule has 4 heteroatoms. The molecule has 2 atom stereocenters. The predicted octanol–water partition coefficient (Wildman–Crippen LogP) is 5.10. The number of hydrogen-bond acceptors (Lipinski definition) is 3. The van der Waals surface area contributed by atoms with Crippen LogP contribution in [0.25, 0.3) is 5.57 Å².